The molecule has 0 bridgehead atoms. The Morgan fingerprint density at radius 3 is 2.17 bits per heavy atom. The molecule has 0 spiro atoms. The van der Waals surface area contributed by atoms with E-state index in [0.717, 1.165) is 55.7 Å². The van der Waals surface area contributed by atoms with Crippen molar-refractivity contribution in [1.82, 2.24) is 4.98 Å². The van der Waals surface area contributed by atoms with E-state index in [0.29, 0.717) is 5.89 Å². The van der Waals surface area contributed by atoms with Crippen molar-refractivity contribution in [3.8, 4) is 11.5 Å². The Morgan fingerprint density at radius 2 is 1.29 bits per heavy atom. The molecule has 5 heteroatoms. The summed E-state index contributed by atoms with van der Waals surface area (Å²) in [6, 6.07) is 46.2. The second-order valence-electron chi connectivity index (χ2n) is 10.4. The first kappa shape index (κ1) is 23.3. The van der Waals surface area contributed by atoms with Gasteiger partial charge in [0.15, 0.2) is 5.58 Å². The molecule has 0 aliphatic heterocycles. The molecule has 0 saturated carbocycles. The van der Waals surface area contributed by atoms with Crippen molar-refractivity contribution < 1.29 is 8.83 Å². The first-order chi connectivity index (χ1) is 20.8. The molecule has 0 radical (unpaired) electrons. The standard InChI is InChI=1S/C37H22N2O2S/c1-3-10-23(11-4-1)37-38-29-22-32-28(21-33(29)41-37)27-20-25(18-19-31(27)40-32)39(24-12-5-2-6-13-24)30-15-9-17-35-36(30)26-14-7-8-16-34(26)42-35/h1-22H. The van der Waals surface area contributed by atoms with E-state index < -0.39 is 0 Å². The molecular weight excluding hydrogens is 536 g/mol. The lowest BCUT2D eigenvalue weighted by molar-refractivity contribution is 0.620. The van der Waals surface area contributed by atoms with Crippen LogP contribution < -0.4 is 4.90 Å². The molecule has 0 fully saturated rings. The second-order valence-corrected chi connectivity index (χ2v) is 11.5. The van der Waals surface area contributed by atoms with Crippen LogP contribution in [0.1, 0.15) is 0 Å². The van der Waals surface area contributed by atoms with Crippen molar-refractivity contribution in [1.29, 1.82) is 0 Å². The quantitative estimate of drug-likeness (QED) is 0.215. The number of oxazole rings is 1. The zero-order valence-electron chi connectivity index (χ0n) is 22.3. The van der Waals surface area contributed by atoms with Crippen LogP contribution in [-0.4, -0.2) is 4.98 Å². The molecule has 0 atom stereocenters. The van der Waals surface area contributed by atoms with E-state index in [4.69, 9.17) is 13.8 Å². The Labute approximate surface area is 244 Å². The molecule has 0 aliphatic rings. The molecule has 0 N–H and O–H groups in total. The topological polar surface area (TPSA) is 42.4 Å². The zero-order valence-corrected chi connectivity index (χ0v) is 23.1. The number of benzene rings is 6. The smallest absolute Gasteiger partial charge is 0.227 e. The predicted octanol–water partition coefficient (Wildman–Crippen LogP) is 11.2. The highest BCUT2D eigenvalue weighted by atomic mass is 32.1. The molecule has 4 nitrogen and oxygen atoms in total. The first-order valence-corrected chi connectivity index (χ1v) is 14.7. The monoisotopic (exact) mass is 558 g/mol. The van der Waals surface area contributed by atoms with Crippen LogP contribution in [0.5, 0.6) is 0 Å². The summed E-state index contributed by atoms with van der Waals surface area (Å²) < 4.78 is 15.1. The van der Waals surface area contributed by atoms with Crippen molar-refractivity contribution in [2.24, 2.45) is 0 Å². The van der Waals surface area contributed by atoms with Crippen LogP contribution in [0.3, 0.4) is 0 Å². The maximum absolute atomic E-state index is 6.34. The van der Waals surface area contributed by atoms with E-state index in [1.54, 1.807) is 0 Å². The summed E-state index contributed by atoms with van der Waals surface area (Å²) >= 11 is 1.83. The fourth-order valence-corrected chi connectivity index (χ4v) is 7.10. The summed E-state index contributed by atoms with van der Waals surface area (Å²) in [5.41, 5.74) is 7.39. The molecule has 6 aromatic carbocycles. The van der Waals surface area contributed by atoms with Crippen LogP contribution in [0.4, 0.5) is 17.1 Å². The molecule has 0 unspecified atom stereocenters. The van der Waals surface area contributed by atoms with Gasteiger partial charge in [0.25, 0.3) is 0 Å². The van der Waals surface area contributed by atoms with Gasteiger partial charge in [-0.15, -0.1) is 11.3 Å². The maximum Gasteiger partial charge on any atom is 0.227 e. The minimum Gasteiger partial charge on any atom is -0.456 e. The fourth-order valence-electron chi connectivity index (χ4n) is 5.98. The number of rotatable bonds is 4. The number of thiophene rings is 1. The molecule has 3 heterocycles. The highest BCUT2D eigenvalue weighted by Gasteiger charge is 2.20. The first-order valence-electron chi connectivity index (χ1n) is 13.9. The third-order valence-electron chi connectivity index (χ3n) is 7.88. The molecule has 0 saturated heterocycles. The summed E-state index contributed by atoms with van der Waals surface area (Å²) in [6.45, 7) is 0. The Kier molecular flexibility index (Phi) is 5.03. The summed E-state index contributed by atoms with van der Waals surface area (Å²) in [4.78, 5) is 7.09. The molecule has 3 aromatic heterocycles. The van der Waals surface area contributed by atoms with Gasteiger partial charge in [0.1, 0.15) is 16.7 Å². The normalized spacial score (nSPS) is 11.8. The average molecular weight is 559 g/mol. The molecule has 0 amide bonds. The van der Waals surface area contributed by atoms with Gasteiger partial charge in [0, 0.05) is 53.9 Å². The van der Waals surface area contributed by atoms with Crippen LogP contribution in [0.2, 0.25) is 0 Å². The van der Waals surface area contributed by atoms with Crippen LogP contribution in [-0.2, 0) is 0 Å². The highest BCUT2D eigenvalue weighted by molar-refractivity contribution is 7.26. The van der Waals surface area contributed by atoms with E-state index >= 15 is 0 Å². The largest absolute Gasteiger partial charge is 0.456 e. The van der Waals surface area contributed by atoms with Crippen molar-refractivity contribution in [3.05, 3.63) is 133 Å². The van der Waals surface area contributed by atoms with E-state index in [1.165, 1.54) is 20.2 Å². The number of para-hydroxylation sites is 1. The minimum atomic E-state index is 0.606. The molecular formula is C37H22N2O2S. The van der Waals surface area contributed by atoms with Gasteiger partial charge in [0.2, 0.25) is 5.89 Å². The van der Waals surface area contributed by atoms with Gasteiger partial charge in [-0.1, -0.05) is 60.7 Å². The lowest BCUT2D eigenvalue weighted by atomic mass is 10.1. The van der Waals surface area contributed by atoms with E-state index in [2.05, 4.69) is 102 Å². The molecule has 9 rings (SSSR count). The van der Waals surface area contributed by atoms with Crippen molar-refractivity contribution in [3.63, 3.8) is 0 Å². The predicted molar refractivity (Wildman–Crippen MR) is 174 cm³/mol. The molecule has 0 aliphatic carbocycles. The van der Waals surface area contributed by atoms with Crippen molar-refractivity contribution in [2.75, 3.05) is 4.90 Å². The highest BCUT2D eigenvalue weighted by Crippen LogP contribution is 2.46. The molecule has 42 heavy (non-hydrogen) atoms. The number of furan rings is 1. The Morgan fingerprint density at radius 1 is 0.524 bits per heavy atom. The van der Waals surface area contributed by atoms with Crippen LogP contribution >= 0.6 is 11.3 Å². The van der Waals surface area contributed by atoms with Crippen molar-refractivity contribution in [2.45, 2.75) is 0 Å². The Bertz CT molecular complexity index is 2420. The minimum absolute atomic E-state index is 0.606. The number of hydrogen-bond donors (Lipinski definition) is 0. The van der Waals surface area contributed by atoms with Crippen LogP contribution in [0, 0.1) is 0 Å². The van der Waals surface area contributed by atoms with E-state index in [1.807, 2.05) is 47.7 Å². The SMILES string of the molecule is c1ccc(-c2nc3cc4oc5ccc(N(c6ccccc6)c6cccc7sc8ccccc8c67)cc5c4cc3o2)cc1. The van der Waals surface area contributed by atoms with Crippen LogP contribution in [0.25, 0.3) is 64.7 Å². The summed E-state index contributed by atoms with van der Waals surface area (Å²) in [5.74, 6) is 0.606. The number of fused-ring (bicyclic) bond motifs is 7. The van der Waals surface area contributed by atoms with Gasteiger partial charge < -0.3 is 13.7 Å². The van der Waals surface area contributed by atoms with Gasteiger partial charge in [0.05, 0.1) is 5.69 Å². The van der Waals surface area contributed by atoms with Gasteiger partial charge in [-0.05, 0) is 66.7 Å². The lowest BCUT2D eigenvalue weighted by Crippen LogP contribution is -2.10. The van der Waals surface area contributed by atoms with Gasteiger partial charge >= 0.3 is 0 Å². The fraction of sp³-hybridized carbons (Fsp3) is 0. The maximum atomic E-state index is 6.34. The third-order valence-corrected chi connectivity index (χ3v) is 9.01. The number of aromatic nitrogens is 1. The zero-order chi connectivity index (χ0) is 27.6. The van der Waals surface area contributed by atoms with Crippen LogP contribution in [0.15, 0.2) is 142 Å². The van der Waals surface area contributed by atoms with Crippen molar-refractivity contribution >= 4 is 81.6 Å². The van der Waals surface area contributed by atoms with Gasteiger partial charge in [-0.2, -0.15) is 0 Å². The summed E-state index contributed by atoms with van der Waals surface area (Å²) in [6.07, 6.45) is 0. The average Bonchev–Trinajstić information content (AvgIpc) is 3.74. The number of anilines is 3. The number of hydrogen-bond acceptors (Lipinski definition) is 5. The second kappa shape index (κ2) is 9.06. The Hall–Kier alpha value is -5.39. The lowest BCUT2D eigenvalue weighted by Gasteiger charge is -2.26. The number of nitrogens with zero attached hydrogens (tertiary/aromatic N) is 2. The summed E-state index contributed by atoms with van der Waals surface area (Å²) in [7, 11) is 0. The van der Waals surface area contributed by atoms with Gasteiger partial charge in [-0.25, -0.2) is 4.98 Å². The summed E-state index contributed by atoms with van der Waals surface area (Å²) in [5, 5.41) is 4.56. The van der Waals surface area contributed by atoms with E-state index in [-0.39, 0.29) is 0 Å². The molecule has 198 valence electrons. The van der Waals surface area contributed by atoms with E-state index in [9.17, 15) is 0 Å². The van der Waals surface area contributed by atoms with Gasteiger partial charge in [-0.3, -0.25) is 0 Å². The molecule has 9 aromatic rings. The Balaban J connectivity index is 1.27. The third kappa shape index (κ3) is 3.57.